The van der Waals surface area contributed by atoms with Crippen LogP contribution in [0.1, 0.15) is 5.89 Å². The molecular formula is C5H6N2O2. The van der Waals surface area contributed by atoms with Crippen LogP contribution < -0.4 is 0 Å². The molecule has 0 unspecified atom stereocenters. The van der Waals surface area contributed by atoms with Crippen LogP contribution in [0.15, 0.2) is 16.9 Å². The maximum atomic E-state index is 10.3. The van der Waals surface area contributed by atoms with Gasteiger partial charge in [-0.05, 0) is 0 Å². The van der Waals surface area contributed by atoms with E-state index in [1.165, 1.54) is 25.7 Å². The lowest BCUT2D eigenvalue weighted by molar-refractivity contribution is -0.417. The highest BCUT2D eigenvalue weighted by Gasteiger charge is 1.93. The summed E-state index contributed by atoms with van der Waals surface area (Å²) in [5, 5.41) is 10.3. The molecular weight excluding hydrogens is 120 g/mol. The molecule has 1 aromatic rings. The number of hydrogen-bond acceptors (Lipinski definition) is 3. The number of nitrogens with zero attached hydrogens (tertiary/aromatic N) is 2. The zero-order valence-corrected chi connectivity index (χ0v) is 4.94. The van der Waals surface area contributed by atoms with E-state index in [1.807, 2.05) is 0 Å². The standard InChI is InChI=1S/C5H6N2O2/c1-7(8)4-5-6-2-3-9-5/h2-4H,1H3. The largest absolute Gasteiger partial charge is 0.624 e. The lowest BCUT2D eigenvalue weighted by atomic mass is 10.7. The highest BCUT2D eigenvalue weighted by Crippen LogP contribution is 1.87. The molecule has 1 aromatic heterocycles. The summed E-state index contributed by atoms with van der Waals surface area (Å²) < 4.78 is 5.37. The van der Waals surface area contributed by atoms with Gasteiger partial charge in [-0.25, -0.2) is 9.72 Å². The van der Waals surface area contributed by atoms with E-state index in [-0.39, 0.29) is 0 Å². The van der Waals surface area contributed by atoms with Gasteiger partial charge in [0.05, 0.1) is 6.20 Å². The van der Waals surface area contributed by atoms with E-state index in [0.29, 0.717) is 10.6 Å². The predicted octanol–water partition coefficient (Wildman–Crippen LogP) is 0.234. The summed E-state index contributed by atoms with van der Waals surface area (Å²) in [6.07, 6.45) is 4.14. The number of hydroxylamine groups is 1. The first-order valence-electron chi connectivity index (χ1n) is 2.43. The summed E-state index contributed by atoms with van der Waals surface area (Å²) in [6.45, 7) is 0. The summed E-state index contributed by atoms with van der Waals surface area (Å²) in [5.74, 6) is 0.326. The average Bonchev–Trinajstić information content (AvgIpc) is 2.15. The van der Waals surface area contributed by atoms with Crippen molar-refractivity contribution in [3.05, 3.63) is 23.6 Å². The molecule has 0 amide bonds. The molecule has 0 N–H and O–H groups in total. The van der Waals surface area contributed by atoms with Crippen LogP contribution in [0.4, 0.5) is 0 Å². The Labute approximate surface area is 52.0 Å². The summed E-state index contributed by atoms with van der Waals surface area (Å²) >= 11 is 0. The fraction of sp³-hybridized carbons (Fsp3) is 0.200. The number of rotatable bonds is 1. The van der Waals surface area contributed by atoms with E-state index < -0.39 is 0 Å². The normalized spacial score (nSPS) is 11.9. The monoisotopic (exact) mass is 126 g/mol. The van der Waals surface area contributed by atoms with E-state index in [1.54, 1.807) is 0 Å². The third kappa shape index (κ3) is 1.56. The molecule has 0 aliphatic heterocycles. The molecule has 0 saturated heterocycles. The van der Waals surface area contributed by atoms with Gasteiger partial charge in [0.25, 0.3) is 5.89 Å². The fourth-order valence-electron chi connectivity index (χ4n) is 0.454. The van der Waals surface area contributed by atoms with E-state index >= 15 is 0 Å². The van der Waals surface area contributed by atoms with Crippen LogP contribution in [-0.2, 0) is 0 Å². The van der Waals surface area contributed by atoms with Gasteiger partial charge in [0.15, 0.2) is 0 Å². The Hall–Kier alpha value is -1.32. The van der Waals surface area contributed by atoms with E-state index in [0.717, 1.165) is 0 Å². The van der Waals surface area contributed by atoms with Crippen LogP contribution in [0.2, 0.25) is 0 Å². The molecule has 48 valence electrons. The Bertz CT molecular complexity index is 199. The first-order chi connectivity index (χ1) is 4.29. The molecule has 4 heteroatoms. The van der Waals surface area contributed by atoms with Gasteiger partial charge >= 0.3 is 0 Å². The molecule has 0 saturated carbocycles. The molecule has 9 heavy (non-hydrogen) atoms. The number of aromatic nitrogens is 1. The maximum absolute atomic E-state index is 10.3. The minimum atomic E-state index is 0.326. The average molecular weight is 126 g/mol. The minimum absolute atomic E-state index is 0.326. The maximum Gasteiger partial charge on any atom is 0.285 e. The molecule has 0 aliphatic rings. The van der Waals surface area contributed by atoms with E-state index in [2.05, 4.69) is 4.98 Å². The van der Waals surface area contributed by atoms with E-state index in [9.17, 15) is 5.21 Å². The summed E-state index contributed by atoms with van der Waals surface area (Å²) in [6, 6.07) is 0. The molecule has 0 atom stereocenters. The molecule has 0 fully saturated rings. The quantitative estimate of drug-likeness (QED) is 0.234. The molecule has 0 bridgehead atoms. The molecule has 0 spiro atoms. The van der Waals surface area contributed by atoms with Crippen molar-refractivity contribution >= 4 is 6.21 Å². The van der Waals surface area contributed by atoms with Gasteiger partial charge in [0.2, 0.25) is 6.21 Å². The van der Waals surface area contributed by atoms with Crippen LogP contribution in [-0.4, -0.2) is 23.0 Å². The van der Waals surface area contributed by atoms with Crippen LogP contribution in [0.5, 0.6) is 0 Å². The summed E-state index contributed by atoms with van der Waals surface area (Å²) in [5.41, 5.74) is 0. The molecule has 4 nitrogen and oxygen atoms in total. The zero-order valence-electron chi connectivity index (χ0n) is 4.94. The van der Waals surface area contributed by atoms with Crippen molar-refractivity contribution in [1.29, 1.82) is 0 Å². The third-order valence-corrected chi connectivity index (χ3v) is 0.744. The minimum Gasteiger partial charge on any atom is -0.624 e. The Morgan fingerprint density at radius 3 is 3.11 bits per heavy atom. The molecule has 1 rings (SSSR count). The second kappa shape index (κ2) is 2.30. The zero-order chi connectivity index (χ0) is 6.69. The molecule has 0 aromatic carbocycles. The highest BCUT2D eigenvalue weighted by molar-refractivity contribution is 5.68. The predicted molar refractivity (Wildman–Crippen MR) is 31.2 cm³/mol. The van der Waals surface area contributed by atoms with Crippen molar-refractivity contribution in [2.24, 2.45) is 0 Å². The van der Waals surface area contributed by atoms with Crippen molar-refractivity contribution in [1.82, 2.24) is 4.98 Å². The van der Waals surface area contributed by atoms with Crippen LogP contribution in [0.3, 0.4) is 0 Å². The van der Waals surface area contributed by atoms with Crippen molar-refractivity contribution in [2.75, 3.05) is 7.05 Å². The van der Waals surface area contributed by atoms with Crippen LogP contribution in [0.25, 0.3) is 0 Å². The SMILES string of the molecule is C[N+]([O-])=Cc1ncco1. The Balaban J connectivity index is 2.80. The Morgan fingerprint density at radius 2 is 2.67 bits per heavy atom. The second-order valence-corrected chi connectivity index (χ2v) is 1.55. The fourth-order valence-corrected chi connectivity index (χ4v) is 0.454. The summed E-state index contributed by atoms with van der Waals surface area (Å²) in [4.78, 5) is 3.69. The van der Waals surface area contributed by atoms with Gasteiger partial charge in [-0.2, -0.15) is 0 Å². The highest BCUT2D eigenvalue weighted by atomic mass is 16.5. The number of hydrogen-bond donors (Lipinski definition) is 0. The van der Waals surface area contributed by atoms with Gasteiger partial charge in [-0.3, -0.25) is 0 Å². The van der Waals surface area contributed by atoms with Gasteiger partial charge in [-0.1, -0.05) is 0 Å². The lowest BCUT2D eigenvalue weighted by Gasteiger charge is -1.89. The van der Waals surface area contributed by atoms with Crippen molar-refractivity contribution in [3.8, 4) is 0 Å². The van der Waals surface area contributed by atoms with Gasteiger partial charge in [0, 0.05) is 0 Å². The van der Waals surface area contributed by atoms with Gasteiger partial charge < -0.3 is 9.62 Å². The van der Waals surface area contributed by atoms with Crippen molar-refractivity contribution < 1.29 is 9.16 Å². The van der Waals surface area contributed by atoms with Gasteiger partial charge in [-0.15, -0.1) is 0 Å². The Morgan fingerprint density at radius 1 is 1.89 bits per heavy atom. The third-order valence-electron chi connectivity index (χ3n) is 0.744. The smallest absolute Gasteiger partial charge is 0.285 e. The van der Waals surface area contributed by atoms with Crippen molar-refractivity contribution in [2.45, 2.75) is 0 Å². The molecule has 1 heterocycles. The first-order valence-corrected chi connectivity index (χ1v) is 2.43. The number of oxazole rings is 1. The summed E-state index contributed by atoms with van der Waals surface area (Å²) in [7, 11) is 1.37. The topological polar surface area (TPSA) is 52.1 Å². The molecule has 0 aliphatic carbocycles. The van der Waals surface area contributed by atoms with Gasteiger partial charge in [0.1, 0.15) is 13.3 Å². The van der Waals surface area contributed by atoms with Crippen molar-refractivity contribution in [3.63, 3.8) is 0 Å². The lowest BCUT2D eigenvalue weighted by Crippen LogP contribution is -1.96. The first kappa shape index (κ1) is 5.81. The van der Waals surface area contributed by atoms with Crippen LogP contribution >= 0.6 is 0 Å². The Kier molecular flexibility index (Phi) is 1.48. The second-order valence-electron chi connectivity index (χ2n) is 1.55. The van der Waals surface area contributed by atoms with Crippen LogP contribution in [0, 0.1) is 5.21 Å². The van der Waals surface area contributed by atoms with E-state index in [4.69, 9.17) is 4.42 Å². The molecule has 0 radical (unpaired) electrons.